The Kier molecular flexibility index (Phi) is 6.26. The van der Waals surface area contributed by atoms with Crippen LogP contribution >= 0.6 is 0 Å². The maximum atomic E-state index is 5.78. The maximum Gasteiger partial charge on any atom is 0.225 e. The van der Waals surface area contributed by atoms with E-state index in [1.807, 2.05) is 37.3 Å². The second-order valence-electron chi connectivity index (χ2n) is 6.16. The van der Waals surface area contributed by atoms with Gasteiger partial charge in [0.15, 0.2) is 0 Å². The van der Waals surface area contributed by atoms with Crippen LogP contribution in [0, 0.1) is 6.92 Å². The van der Waals surface area contributed by atoms with Crippen molar-refractivity contribution in [1.82, 2.24) is 10.1 Å². The van der Waals surface area contributed by atoms with Gasteiger partial charge in [0.1, 0.15) is 17.8 Å². The van der Waals surface area contributed by atoms with Crippen LogP contribution in [-0.4, -0.2) is 16.7 Å². The normalized spacial score (nSPS) is 10.9. The summed E-state index contributed by atoms with van der Waals surface area (Å²) in [5.41, 5.74) is 1.92. The van der Waals surface area contributed by atoms with Gasteiger partial charge in [-0.25, -0.2) is 4.98 Å². The predicted molar refractivity (Wildman–Crippen MR) is 95.5 cm³/mol. The standard InChI is InChI=1S/C20H24N2O3/c1-16-15-19(25-22-16)7-5-3-2-4-6-13-23-18-10-8-17(9-11-18)20-21-12-14-24-20/h8-12,14-15H,2-7,13H2,1H3. The van der Waals surface area contributed by atoms with E-state index in [2.05, 4.69) is 10.1 Å². The average Bonchev–Trinajstić information content (AvgIpc) is 3.30. The SMILES string of the molecule is Cc1cc(CCCCCCCOc2ccc(-c3ncco3)cc2)on1. The first-order chi connectivity index (χ1) is 12.3. The minimum Gasteiger partial charge on any atom is -0.494 e. The maximum absolute atomic E-state index is 5.78. The van der Waals surface area contributed by atoms with Gasteiger partial charge < -0.3 is 13.7 Å². The number of aromatic nitrogens is 2. The summed E-state index contributed by atoms with van der Waals surface area (Å²) in [6.07, 6.45) is 10.0. The molecule has 1 aromatic carbocycles. The quantitative estimate of drug-likeness (QED) is 0.474. The number of hydrogen-bond acceptors (Lipinski definition) is 5. The van der Waals surface area contributed by atoms with Crippen molar-refractivity contribution in [2.75, 3.05) is 6.61 Å². The molecule has 0 aliphatic heterocycles. The second-order valence-corrected chi connectivity index (χ2v) is 6.16. The molecule has 0 unspecified atom stereocenters. The lowest BCUT2D eigenvalue weighted by Gasteiger charge is -2.06. The highest BCUT2D eigenvalue weighted by Crippen LogP contribution is 2.21. The molecule has 0 aliphatic rings. The van der Waals surface area contributed by atoms with Gasteiger partial charge in [0.05, 0.1) is 18.5 Å². The minimum atomic E-state index is 0.632. The van der Waals surface area contributed by atoms with E-state index in [0.717, 1.165) is 48.6 Å². The van der Waals surface area contributed by atoms with Crippen molar-refractivity contribution in [3.8, 4) is 17.2 Å². The lowest BCUT2D eigenvalue weighted by molar-refractivity contribution is 0.304. The van der Waals surface area contributed by atoms with Crippen molar-refractivity contribution in [1.29, 1.82) is 0 Å². The van der Waals surface area contributed by atoms with Crippen LogP contribution in [0.25, 0.3) is 11.5 Å². The molecule has 2 heterocycles. The van der Waals surface area contributed by atoms with E-state index in [0.29, 0.717) is 5.89 Å². The predicted octanol–water partition coefficient (Wildman–Crippen LogP) is 5.21. The van der Waals surface area contributed by atoms with E-state index >= 15 is 0 Å². The van der Waals surface area contributed by atoms with E-state index in [-0.39, 0.29) is 0 Å². The lowest BCUT2D eigenvalue weighted by Crippen LogP contribution is -1.97. The third-order valence-corrected chi connectivity index (χ3v) is 4.05. The summed E-state index contributed by atoms with van der Waals surface area (Å²) in [7, 11) is 0. The van der Waals surface area contributed by atoms with E-state index in [4.69, 9.17) is 13.7 Å². The van der Waals surface area contributed by atoms with Gasteiger partial charge in [-0.05, 0) is 44.0 Å². The van der Waals surface area contributed by atoms with Gasteiger partial charge in [-0.1, -0.05) is 24.4 Å². The molecule has 0 saturated heterocycles. The second kappa shape index (κ2) is 9.06. The first-order valence-electron chi connectivity index (χ1n) is 8.86. The number of rotatable bonds is 10. The smallest absolute Gasteiger partial charge is 0.225 e. The molecule has 0 atom stereocenters. The van der Waals surface area contributed by atoms with Crippen LogP contribution in [-0.2, 0) is 6.42 Å². The van der Waals surface area contributed by atoms with Gasteiger partial charge in [0.25, 0.3) is 0 Å². The van der Waals surface area contributed by atoms with Crippen molar-refractivity contribution < 1.29 is 13.7 Å². The summed E-state index contributed by atoms with van der Waals surface area (Å²) < 4.78 is 16.3. The van der Waals surface area contributed by atoms with Crippen molar-refractivity contribution >= 4 is 0 Å². The highest BCUT2D eigenvalue weighted by molar-refractivity contribution is 5.54. The Morgan fingerprint density at radius 2 is 1.80 bits per heavy atom. The zero-order chi connectivity index (χ0) is 17.3. The number of oxazole rings is 1. The molecule has 0 fully saturated rings. The van der Waals surface area contributed by atoms with Crippen molar-refractivity contribution in [2.24, 2.45) is 0 Å². The summed E-state index contributed by atoms with van der Waals surface area (Å²) in [6, 6.07) is 9.86. The van der Waals surface area contributed by atoms with Crippen LogP contribution in [0.3, 0.4) is 0 Å². The van der Waals surface area contributed by atoms with Crippen LogP contribution in [0.1, 0.15) is 43.6 Å². The summed E-state index contributed by atoms with van der Waals surface area (Å²) in [5.74, 6) is 2.51. The molecule has 2 aromatic heterocycles. The van der Waals surface area contributed by atoms with Crippen molar-refractivity contribution in [3.63, 3.8) is 0 Å². The van der Waals surface area contributed by atoms with Crippen LogP contribution in [0.15, 0.2) is 51.7 Å². The highest BCUT2D eigenvalue weighted by Gasteiger charge is 2.03. The van der Waals surface area contributed by atoms with Crippen LogP contribution in [0.5, 0.6) is 5.75 Å². The molecule has 0 amide bonds. The summed E-state index contributed by atoms with van der Waals surface area (Å²) in [4.78, 5) is 4.13. The van der Waals surface area contributed by atoms with Crippen LogP contribution < -0.4 is 4.74 Å². The van der Waals surface area contributed by atoms with Crippen molar-refractivity contribution in [2.45, 2.75) is 45.4 Å². The highest BCUT2D eigenvalue weighted by atomic mass is 16.5. The molecule has 0 bridgehead atoms. The van der Waals surface area contributed by atoms with Gasteiger partial charge in [0.2, 0.25) is 5.89 Å². The number of aryl methyl sites for hydroxylation is 2. The van der Waals surface area contributed by atoms with E-state index in [9.17, 15) is 0 Å². The van der Waals surface area contributed by atoms with Gasteiger partial charge in [-0.2, -0.15) is 0 Å². The molecule has 0 N–H and O–H groups in total. The van der Waals surface area contributed by atoms with Gasteiger partial charge in [-0.15, -0.1) is 0 Å². The fourth-order valence-corrected chi connectivity index (χ4v) is 2.72. The molecule has 0 saturated carbocycles. The molecule has 0 spiro atoms. The monoisotopic (exact) mass is 340 g/mol. The van der Waals surface area contributed by atoms with E-state index in [1.165, 1.54) is 19.3 Å². The molecule has 0 aliphatic carbocycles. The lowest BCUT2D eigenvalue weighted by atomic mass is 10.1. The third kappa shape index (κ3) is 5.48. The molecule has 132 valence electrons. The van der Waals surface area contributed by atoms with Gasteiger partial charge in [-0.3, -0.25) is 0 Å². The molecular formula is C20H24N2O3. The number of nitrogens with zero attached hydrogens (tertiary/aromatic N) is 2. The zero-order valence-electron chi connectivity index (χ0n) is 14.6. The molecular weight excluding hydrogens is 316 g/mol. The first-order valence-corrected chi connectivity index (χ1v) is 8.86. The number of unbranched alkanes of at least 4 members (excludes halogenated alkanes) is 4. The number of benzene rings is 1. The summed E-state index contributed by atoms with van der Waals surface area (Å²) in [5, 5.41) is 3.90. The van der Waals surface area contributed by atoms with E-state index < -0.39 is 0 Å². The van der Waals surface area contributed by atoms with Gasteiger partial charge in [0, 0.05) is 18.1 Å². The average molecular weight is 340 g/mol. The Balaban J connectivity index is 1.25. The van der Waals surface area contributed by atoms with Crippen LogP contribution in [0.4, 0.5) is 0 Å². The minimum absolute atomic E-state index is 0.632. The topological polar surface area (TPSA) is 61.3 Å². The fourth-order valence-electron chi connectivity index (χ4n) is 2.72. The molecule has 3 rings (SSSR count). The Bertz CT molecular complexity index is 733. The largest absolute Gasteiger partial charge is 0.494 e. The number of hydrogen-bond donors (Lipinski definition) is 0. The Hall–Kier alpha value is -2.56. The Morgan fingerprint density at radius 1 is 1.00 bits per heavy atom. The molecule has 5 nitrogen and oxygen atoms in total. The number of ether oxygens (including phenoxy) is 1. The van der Waals surface area contributed by atoms with Gasteiger partial charge >= 0.3 is 0 Å². The van der Waals surface area contributed by atoms with Crippen molar-refractivity contribution in [3.05, 3.63) is 54.2 Å². The fraction of sp³-hybridized carbons (Fsp3) is 0.400. The molecule has 5 heteroatoms. The Labute approximate surface area is 148 Å². The zero-order valence-corrected chi connectivity index (χ0v) is 14.6. The third-order valence-electron chi connectivity index (χ3n) is 4.05. The molecule has 3 aromatic rings. The Morgan fingerprint density at radius 3 is 2.52 bits per heavy atom. The van der Waals surface area contributed by atoms with Crippen LogP contribution in [0.2, 0.25) is 0 Å². The first kappa shape index (κ1) is 17.3. The summed E-state index contributed by atoms with van der Waals surface area (Å²) >= 11 is 0. The summed E-state index contributed by atoms with van der Waals surface area (Å²) in [6.45, 7) is 2.70. The molecule has 0 radical (unpaired) electrons. The van der Waals surface area contributed by atoms with E-state index in [1.54, 1.807) is 12.5 Å². The molecule has 25 heavy (non-hydrogen) atoms.